The van der Waals surface area contributed by atoms with Crippen molar-refractivity contribution in [1.29, 1.82) is 0 Å². The van der Waals surface area contributed by atoms with E-state index >= 15 is 0 Å². The van der Waals surface area contributed by atoms with Gasteiger partial charge in [0.15, 0.2) is 0 Å². The molecule has 2 aromatic rings. The van der Waals surface area contributed by atoms with Crippen LogP contribution >= 0.6 is 0 Å². The second kappa shape index (κ2) is 10.4. The lowest BCUT2D eigenvalue weighted by Gasteiger charge is -2.28. The van der Waals surface area contributed by atoms with Crippen molar-refractivity contribution in [3.05, 3.63) is 65.5 Å². The molecule has 0 aliphatic heterocycles. The molecular weight excluding hydrogens is 397 g/mol. The Kier molecular flexibility index (Phi) is 7.66. The van der Waals surface area contributed by atoms with Crippen LogP contribution in [0.4, 0.5) is 4.39 Å². The number of hydrogen-bond donors (Lipinski definition) is 1. The van der Waals surface area contributed by atoms with E-state index in [-0.39, 0.29) is 18.1 Å². The van der Waals surface area contributed by atoms with Crippen molar-refractivity contribution >= 4 is 11.9 Å². The van der Waals surface area contributed by atoms with Gasteiger partial charge in [0.25, 0.3) is 0 Å². The number of carboxylic acids is 1. The molecule has 6 heteroatoms. The highest BCUT2D eigenvalue weighted by atomic mass is 19.1. The van der Waals surface area contributed by atoms with Crippen LogP contribution in [0.3, 0.4) is 0 Å². The monoisotopic (exact) mass is 427 g/mol. The number of hydrogen-bond acceptors (Lipinski definition) is 3. The van der Waals surface area contributed by atoms with Gasteiger partial charge in [-0.3, -0.25) is 9.59 Å². The molecule has 0 bridgehead atoms. The van der Waals surface area contributed by atoms with Gasteiger partial charge in [0, 0.05) is 19.5 Å². The highest BCUT2D eigenvalue weighted by Crippen LogP contribution is 2.50. The summed E-state index contributed by atoms with van der Waals surface area (Å²) in [6, 6.07) is 14.2. The number of carbonyl (C=O) groups is 2. The second-order valence-corrected chi connectivity index (χ2v) is 8.19. The Hall–Kier alpha value is -2.89. The van der Waals surface area contributed by atoms with Gasteiger partial charge in [-0.25, -0.2) is 4.39 Å². The Bertz CT molecular complexity index is 893. The summed E-state index contributed by atoms with van der Waals surface area (Å²) >= 11 is 0. The molecule has 0 atom stereocenters. The van der Waals surface area contributed by atoms with Gasteiger partial charge in [0.1, 0.15) is 11.6 Å². The molecule has 0 heterocycles. The van der Waals surface area contributed by atoms with Gasteiger partial charge in [-0.1, -0.05) is 24.3 Å². The minimum Gasteiger partial charge on any atom is -0.497 e. The maximum absolute atomic E-state index is 13.5. The molecule has 0 radical (unpaired) electrons. The largest absolute Gasteiger partial charge is 0.497 e. The van der Waals surface area contributed by atoms with E-state index in [4.69, 9.17) is 9.84 Å². The summed E-state index contributed by atoms with van der Waals surface area (Å²) in [6.45, 7) is 1.10. The van der Waals surface area contributed by atoms with E-state index in [1.807, 2.05) is 35.2 Å². The Balaban J connectivity index is 1.66. The lowest BCUT2D eigenvalue weighted by molar-refractivity contribution is -0.137. The number of unbranched alkanes of at least 4 members (excludes halogenated alkanes) is 1. The molecule has 1 saturated carbocycles. The van der Waals surface area contributed by atoms with Gasteiger partial charge in [-0.2, -0.15) is 0 Å². The van der Waals surface area contributed by atoms with E-state index in [2.05, 4.69) is 0 Å². The van der Waals surface area contributed by atoms with Crippen LogP contribution in [0.25, 0.3) is 0 Å². The molecule has 31 heavy (non-hydrogen) atoms. The number of aryl methyl sites for hydroxylation is 1. The zero-order valence-corrected chi connectivity index (χ0v) is 18.0. The SMILES string of the molecule is COc1ccc(C2(C(=O)N(CCCCC(=O)O)CCCc3cccc(F)c3)CC2)cc1. The van der Waals surface area contributed by atoms with Crippen molar-refractivity contribution in [3.63, 3.8) is 0 Å². The molecule has 1 fully saturated rings. The molecule has 0 spiro atoms. The molecule has 0 saturated heterocycles. The zero-order chi connectivity index (χ0) is 22.3. The second-order valence-electron chi connectivity index (χ2n) is 8.19. The van der Waals surface area contributed by atoms with Crippen molar-refractivity contribution in [2.45, 2.75) is 50.4 Å². The van der Waals surface area contributed by atoms with Gasteiger partial charge >= 0.3 is 5.97 Å². The number of carboxylic acid groups (broad SMARTS) is 1. The molecule has 0 aromatic heterocycles. The van der Waals surface area contributed by atoms with Crippen LogP contribution in [0, 0.1) is 5.82 Å². The van der Waals surface area contributed by atoms with Crippen molar-refractivity contribution < 1.29 is 23.8 Å². The Morgan fingerprint density at radius 3 is 2.39 bits per heavy atom. The normalized spacial score (nSPS) is 14.1. The van der Waals surface area contributed by atoms with E-state index in [0.29, 0.717) is 32.4 Å². The van der Waals surface area contributed by atoms with Gasteiger partial charge in [-0.05, 0) is 73.9 Å². The Labute approximate surface area is 182 Å². The average molecular weight is 428 g/mol. The van der Waals surface area contributed by atoms with Crippen LogP contribution < -0.4 is 4.74 Å². The van der Waals surface area contributed by atoms with Crippen molar-refractivity contribution in [3.8, 4) is 5.75 Å². The van der Waals surface area contributed by atoms with Crippen molar-refractivity contribution in [1.82, 2.24) is 4.90 Å². The molecule has 1 N–H and O–H groups in total. The summed E-state index contributed by atoms with van der Waals surface area (Å²) in [5.41, 5.74) is 1.42. The van der Waals surface area contributed by atoms with Crippen molar-refractivity contribution in [2.75, 3.05) is 20.2 Å². The summed E-state index contributed by atoms with van der Waals surface area (Å²) in [6.07, 6.45) is 4.34. The molecular formula is C25H30FNO4. The summed E-state index contributed by atoms with van der Waals surface area (Å²) < 4.78 is 18.7. The number of methoxy groups -OCH3 is 1. The first kappa shape index (κ1) is 22.8. The van der Waals surface area contributed by atoms with Crippen molar-refractivity contribution in [2.24, 2.45) is 0 Å². The molecule has 2 aromatic carbocycles. The topological polar surface area (TPSA) is 66.8 Å². The third kappa shape index (κ3) is 6.06. The number of halogens is 1. The van der Waals surface area contributed by atoms with Crippen LogP contribution in [0.1, 0.15) is 49.7 Å². The number of aliphatic carboxylic acids is 1. The molecule has 5 nitrogen and oxygen atoms in total. The summed E-state index contributed by atoms with van der Waals surface area (Å²) in [7, 11) is 1.62. The number of carbonyl (C=O) groups excluding carboxylic acids is 1. The quantitative estimate of drug-likeness (QED) is 0.504. The van der Waals surface area contributed by atoms with Gasteiger partial charge < -0.3 is 14.7 Å². The predicted molar refractivity (Wildman–Crippen MR) is 117 cm³/mol. The molecule has 1 aliphatic carbocycles. The smallest absolute Gasteiger partial charge is 0.303 e. The van der Waals surface area contributed by atoms with Gasteiger partial charge in [0.2, 0.25) is 5.91 Å². The minimum absolute atomic E-state index is 0.104. The third-order valence-corrected chi connectivity index (χ3v) is 5.94. The molecule has 0 unspecified atom stereocenters. The number of ether oxygens (including phenoxy) is 1. The first-order chi connectivity index (χ1) is 14.9. The van der Waals surface area contributed by atoms with Gasteiger partial charge in [-0.15, -0.1) is 0 Å². The first-order valence-corrected chi connectivity index (χ1v) is 10.8. The molecule has 166 valence electrons. The van der Waals surface area contributed by atoms with Gasteiger partial charge in [0.05, 0.1) is 12.5 Å². The fraction of sp³-hybridized carbons (Fsp3) is 0.440. The zero-order valence-electron chi connectivity index (χ0n) is 18.0. The lowest BCUT2D eigenvalue weighted by atomic mass is 9.93. The fourth-order valence-corrected chi connectivity index (χ4v) is 4.02. The predicted octanol–water partition coefficient (Wildman–Crippen LogP) is 4.58. The Morgan fingerprint density at radius 2 is 1.77 bits per heavy atom. The minimum atomic E-state index is -0.819. The number of nitrogens with zero attached hydrogens (tertiary/aromatic N) is 1. The first-order valence-electron chi connectivity index (χ1n) is 10.8. The lowest BCUT2D eigenvalue weighted by Crippen LogP contribution is -2.40. The average Bonchev–Trinajstić information content (AvgIpc) is 3.57. The van der Waals surface area contributed by atoms with Crippen LogP contribution in [-0.2, 0) is 21.4 Å². The number of rotatable bonds is 12. The maximum Gasteiger partial charge on any atom is 0.303 e. The van der Waals surface area contributed by atoms with E-state index in [0.717, 1.165) is 36.1 Å². The third-order valence-electron chi connectivity index (χ3n) is 5.94. The van der Waals surface area contributed by atoms with E-state index in [1.54, 1.807) is 13.2 Å². The van der Waals surface area contributed by atoms with Crippen LogP contribution in [0.2, 0.25) is 0 Å². The molecule has 1 aliphatic rings. The number of amides is 1. The maximum atomic E-state index is 13.5. The fourth-order valence-electron chi connectivity index (χ4n) is 4.02. The summed E-state index contributed by atoms with van der Waals surface area (Å²) in [5.74, 6) is -0.212. The summed E-state index contributed by atoms with van der Waals surface area (Å²) in [5, 5.41) is 8.89. The highest BCUT2D eigenvalue weighted by molar-refractivity contribution is 5.91. The van der Waals surface area contributed by atoms with E-state index in [1.165, 1.54) is 12.1 Å². The van der Waals surface area contributed by atoms with Crippen LogP contribution in [-0.4, -0.2) is 42.1 Å². The Morgan fingerprint density at radius 1 is 1.06 bits per heavy atom. The van der Waals surface area contributed by atoms with E-state index in [9.17, 15) is 14.0 Å². The number of benzene rings is 2. The standard InChI is InChI=1S/C25H30FNO4/c1-31-22-12-10-20(11-13-22)25(14-15-25)24(30)27(16-3-2-9-23(28)29)17-5-7-19-6-4-8-21(26)18-19/h4,6,8,10-13,18H,2-3,5,7,9,14-17H2,1H3,(H,28,29). The summed E-state index contributed by atoms with van der Waals surface area (Å²) in [4.78, 5) is 26.2. The molecule has 3 rings (SSSR count). The molecule has 1 amide bonds. The van der Waals surface area contributed by atoms with E-state index < -0.39 is 11.4 Å². The van der Waals surface area contributed by atoms with Crippen LogP contribution in [0.15, 0.2) is 48.5 Å². The highest BCUT2D eigenvalue weighted by Gasteiger charge is 2.52. The van der Waals surface area contributed by atoms with Crippen LogP contribution in [0.5, 0.6) is 5.75 Å².